The highest BCUT2D eigenvalue weighted by molar-refractivity contribution is 5.70. The number of ether oxygens (including phenoxy) is 2. The van der Waals surface area contributed by atoms with Crippen LogP contribution in [-0.4, -0.2) is 37.9 Å². The average Bonchev–Trinajstić information content (AvgIpc) is 2.15. The maximum absolute atomic E-state index is 11.5. The molecule has 0 radical (unpaired) electrons. The molecule has 0 fully saturated rings. The molecule has 102 valence electrons. The molecule has 0 aromatic carbocycles. The normalized spacial score (nSPS) is 13.5. The Bertz CT molecular complexity index is 205. The SMILES string of the molecule is CCCC(COC)NCCC(=O)OC(C)(C)C. The van der Waals surface area contributed by atoms with Crippen LogP contribution >= 0.6 is 0 Å². The molecule has 4 heteroatoms. The molecule has 0 amide bonds. The van der Waals surface area contributed by atoms with Gasteiger partial charge in [0.05, 0.1) is 13.0 Å². The van der Waals surface area contributed by atoms with E-state index in [4.69, 9.17) is 9.47 Å². The summed E-state index contributed by atoms with van der Waals surface area (Å²) in [7, 11) is 1.69. The molecule has 0 spiro atoms. The summed E-state index contributed by atoms with van der Waals surface area (Å²) in [5.74, 6) is -0.155. The van der Waals surface area contributed by atoms with Gasteiger partial charge < -0.3 is 14.8 Å². The number of carbonyl (C=O) groups is 1. The van der Waals surface area contributed by atoms with Crippen molar-refractivity contribution in [1.29, 1.82) is 0 Å². The van der Waals surface area contributed by atoms with Gasteiger partial charge in [0, 0.05) is 19.7 Å². The lowest BCUT2D eigenvalue weighted by Gasteiger charge is -2.20. The van der Waals surface area contributed by atoms with Crippen LogP contribution in [0.1, 0.15) is 47.0 Å². The number of rotatable bonds is 8. The average molecular weight is 245 g/mol. The summed E-state index contributed by atoms with van der Waals surface area (Å²) in [6.45, 7) is 9.10. The fourth-order valence-corrected chi connectivity index (χ4v) is 1.56. The monoisotopic (exact) mass is 245 g/mol. The number of methoxy groups -OCH3 is 1. The predicted molar refractivity (Wildman–Crippen MR) is 69.0 cm³/mol. The summed E-state index contributed by atoms with van der Waals surface area (Å²) in [5.41, 5.74) is -0.396. The van der Waals surface area contributed by atoms with E-state index in [9.17, 15) is 4.79 Å². The molecule has 0 saturated heterocycles. The third-order valence-corrected chi connectivity index (χ3v) is 2.19. The first-order valence-electron chi connectivity index (χ1n) is 6.33. The van der Waals surface area contributed by atoms with Crippen LogP contribution in [0.3, 0.4) is 0 Å². The first-order valence-corrected chi connectivity index (χ1v) is 6.33. The zero-order valence-electron chi connectivity index (χ0n) is 11.8. The molecule has 0 bridgehead atoms. The fraction of sp³-hybridized carbons (Fsp3) is 0.923. The van der Waals surface area contributed by atoms with Crippen molar-refractivity contribution >= 4 is 5.97 Å². The van der Waals surface area contributed by atoms with Crippen LogP contribution in [0, 0.1) is 0 Å². The van der Waals surface area contributed by atoms with Crippen molar-refractivity contribution in [3.8, 4) is 0 Å². The topological polar surface area (TPSA) is 47.6 Å². The molecule has 1 atom stereocenters. The predicted octanol–water partition coefficient (Wildman–Crippen LogP) is 2.12. The fourth-order valence-electron chi connectivity index (χ4n) is 1.56. The minimum Gasteiger partial charge on any atom is -0.460 e. The zero-order chi connectivity index (χ0) is 13.3. The van der Waals surface area contributed by atoms with Crippen LogP contribution in [0.4, 0.5) is 0 Å². The van der Waals surface area contributed by atoms with E-state index >= 15 is 0 Å². The third-order valence-electron chi connectivity index (χ3n) is 2.19. The summed E-state index contributed by atoms with van der Waals surface area (Å²) >= 11 is 0. The van der Waals surface area contributed by atoms with Gasteiger partial charge in [0.1, 0.15) is 5.60 Å². The quantitative estimate of drug-likeness (QED) is 0.665. The lowest BCUT2D eigenvalue weighted by atomic mass is 10.2. The highest BCUT2D eigenvalue weighted by atomic mass is 16.6. The van der Waals surface area contributed by atoms with Gasteiger partial charge in [0.15, 0.2) is 0 Å². The molecule has 0 aliphatic rings. The van der Waals surface area contributed by atoms with Gasteiger partial charge in [0.25, 0.3) is 0 Å². The molecule has 0 aliphatic heterocycles. The van der Waals surface area contributed by atoms with Crippen molar-refractivity contribution < 1.29 is 14.3 Å². The van der Waals surface area contributed by atoms with Crippen molar-refractivity contribution in [3.63, 3.8) is 0 Å². The summed E-state index contributed by atoms with van der Waals surface area (Å²) in [4.78, 5) is 11.5. The standard InChI is InChI=1S/C13H27NO3/c1-6-7-11(10-16-5)14-9-8-12(15)17-13(2,3)4/h11,14H,6-10H2,1-5H3. The minimum atomic E-state index is -0.396. The number of hydrogen-bond donors (Lipinski definition) is 1. The molecule has 0 heterocycles. The van der Waals surface area contributed by atoms with E-state index in [0.29, 0.717) is 25.6 Å². The molecule has 0 rings (SSSR count). The van der Waals surface area contributed by atoms with Crippen molar-refractivity contribution in [2.75, 3.05) is 20.3 Å². The van der Waals surface area contributed by atoms with E-state index in [1.54, 1.807) is 7.11 Å². The Morgan fingerprint density at radius 3 is 2.47 bits per heavy atom. The van der Waals surface area contributed by atoms with Gasteiger partial charge in [-0.1, -0.05) is 13.3 Å². The van der Waals surface area contributed by atoms with E-state index in [2.05, 4.69) is 12.2 Å². The van der Waals surface area contributed by atoms with Gasteiger partial charge in [0.2, 0.25) is 0 Å². The minimum absolute atomic E-state index is 0.155. The van der Waals surface area contributed by atoms with Gasteiger partial charge >= 0.3 is 5.97 Å². The first kappa shape index (κ1) is 16.4. The maximum Gasteiger partial charge on any atom is 0.307 e. The highest BCUT2D eigenvalue weighted by Crippen LogP contribution is 2.08. The number of esters is 1. The molecular weight excluding hydrogens is 218 g/mol. The first-order chi connectivity index (χ1) is 7.89. The molecule has 17 heavy (non-hydrogen) atoms. The van der Waals surface area contributed by atoms with E-state index in [-0.39, 0.29) is 5.97 Å². The summed E-state index contributed by atoms with van der Waals surface area (Å²) in [6, 6.07) is 0.326. The Kier molecular flexibility index (Phi) is 8.17. The van der Waals surface area contributed by atoms with E-state index in [1.807, 2.05) is 20.8 Å². The maximum atomic E-state index is 11.5. The molecular formula is C13H27NO3. The Morgan fingerprint density at radius 1 is 1.35 bits per heavy atom. The second kappa shape index (κ2) is 8.48. The van der Waals surface area contributed by atoms with Gasteiger partial charge in [-0.3, -0.25) is 4.79 Å². The van der Waals surface area contributed by atoms with Crippen LogP contribution in [0.5, 0.6) is 0 Å². The Balaban J connectivity index is 3.76. The molecule has 0 aromatic heterocycles. The smallest absolute Gasteiger partial charge is 0.307 e. The lowest BCUT2D eigenvalue weighted by molar-refractivity contribution is -0.154. The molecule has 1 unspecified atom stereocenters. The number of nitrogens with one attached hydrogen (secondary N) is 1. The third kappa shape index (κ3) is 10.3. The molecule has 1 N–H and O–H groups in total. The zero-order valence-corrected chi connectivity index (χ0v) is 11.8. The lowest BCUT2D eigenvalue weighted by Crippen LogP contribution is -2.35. The number of hydrogen-bond acceptors (Lipinski definition) is 4. The highest BCUT2D eigenvalue weighted by Gasteiger charge is 2.16. The summed E-state index contributed by atoms with van der Waals surface area (Å²) < 4.78 is 10.3. The van der Waals surface area contributed by atoms with E-state index in [0.717, 1.165) is 12.8 Å². The molecule has 0 aliphatic carbocycles. The van der Waals surface area contributed by atoms with Gasteiger partial charge in [-0.2, -0.15) is 0 Å². The van der Waals surface area contributed by atoms with Gasteiger partial charge in [-0.05, 0) is 27.2 Å². The largest absolute Gasteiger partial charge is 0.460 e. The van der Waals surface area contributed by atoms with Crippen molar-refractivity contribution in [3.05, 3.63) is 0 Å². The van der Waals surface area contributed by atoms with Gasteiger partial charge in [-0.25, -0.2) is 0 Å². The van der Waals surface area contributed by atoms with Crippen LogP contribution in [0.15, 0.2) is 0 Å². The van der Waals surface area contributed by atoms with Crippen molar-refractivity contribution in [2.45, 2.75) is 58.6 Å². The summed E-state index contributed by atoms with van der Waals surface area (Å²) in [6.07, 6.45) is 2.57. The molecule has 4 nitrogen and oxygen atoms in total. The molecule has 0 aromatic rings. The van der Waals surface area contributed by atoms with Crippen LogP contribution in [0.25, 0.3) is 0 Å². The van der Waals surface area contributed by atoms with Crippen LogP contribution < -0.4 is 5.32 Å². The molecule has 0 saturated carbocycles. The van der Waals surface area contributed by atoms with Gasteiger partial charge in [-0.15, -0.1) is 0 Å². The van der Waals surface area contributed by atoms with Crippen LogP contribution in [-0.2, 0) is 14.3 Å². The van der Waals surface area contributed by atoms with Crippen molar-refractivity contribution in [2.24, 2.45) is 0 Å². The number of carbonyl (C=O) groups excluding carboxylic acids is 1. The summed E-state index contributed by atoms with van der Waals surface area (Å²) in [5, 5.41) is 3.31. The Labute approximate surface area is 105 Å². The second-order valence-electron chi connectivity index (χ2n) is 5.23. The van der Waals surface area contributed by atoms with Crippen molar-refractivity contribution in [1.82, 2.24) is 5.32 Å². The Hall–Kier alpha value is -0.610. The van der Waals surface area contributed by atoms with E-state index in [1.165, 1.54) is 0 Å². The Morgan fingerprint density at radius 2 is 2.00 bits per heavy atom. The van der Waals surface area contributed by atoms with Crippen LogP contribution in [0.2, 0.25) is 0 Å². The second-order valence-corrected chi connectivity index (χ2v) is 5.23. The van der Waals surface area contributed by atoms with E-state index < -0.39 is 5.60 Å².